The molecule has 9 nitrogen and oxygen atoms in total. The predicted molar refractivity (Wildman–Crippen MR) is 151 cm³/mol. The Labute approximate surface area is 235 Å². The molecule has 0 bridgehead atoms. The van der Waals surface area contributed by atoms with Crippen LogP contribution in [0.25, 0.3) is 6.08 Å². The van der Waals surface area contributed by atoms with E-state index in [1.165, 1.54) is 0 Å². The highest BCUT2D eigenvalue weighted by Crippen LogP contribution is 2.51. The van der Waals surface area contributed by atoms with E-state index in [9.17, 15) is 19.5 Å². The van der Waals surface area contributed by atoms with Gasteiger partial charge >= 0.3 is 11.9 Å². The summed E-state index contributed by atoms with van der Waals surface area (Å²) >= 11 is 0. The summed E-state index contributed by atoms with van der Waals surface area (Å²) in [6.07, 6.45) is 2.25. The number of allylic oxidation sites excluding steroid dienone is 2. The van der Waals surface area contributed by atoms with Crippen LogP contribution in [0.15, 0.2) is 46.6 Å². The van der Waals surface area contributed by atoms with Gasteiger partial charge in [0.1, 0.15) is 31.1 Å². The summed E-state index contributed by atoms with van der Waals surface area (Å²) < 4.78 is 11.9. The number of nitrogens with one attached hydrogen (secondary N) is 1. The molecule has 0 fully saturated rings. The van der Waals surface area contributed by atoms with Gasteiger partial charge in [-0.3, -0.25) is 9.59 Å². The number of Topliss-reactive ketones (excluding diaryl/α,β-unsaturated/α-hetero) is 1. The number of ketones is 1. The molecule has 1 aliphatic carbocycles. The van der Waals surface area contributed by atoms with Crippen LogP contribution >= 0.6 is 12.4 Å². The first-order valence-corrected chi connectivity index (χ1v) is 16.1. The zero-order chi connectivity index (χ0) is 27.8. The van der Waals surface area contributed by atoms with Crippen LogP contribution in [0, 0.1) is 0 Å². The Morgan fingerprint density at radius 3 is 2.62 bits per heavy atom. The fourth-order valence-corrected chi connectivity index (χ4v) is 7.85. The van der Waals surface area contributed by atoms with Crippen molar-refractivity contribution in [2.45, 2.75) is 76.5 Å². The number of ether oxygens (including phenoxy) is 2. The molecular formula is C28H36ClN3O6Si. The summed E-state index contributed by atoms with van der Waals surface area (Å²) in [4.78, 5) is 42.6. The van der Waals surface area contributed by atoms with Crippen molar-refractivity contribution < 1.29 is 29.0 Å². The second kappa shape index (κ2) is 9.53. The first kappa shape index (κ1) is 28.9. The summed E-state index contributed by atoms with van der Waals surface area (Å²) in [6, 6.07) is 5.18. The van der Waals surface area contributed by atoms with Gasteiger partial charge in [0.25, 0.3) is 0 Å². The third-order valence-corrected chi connectivity index (χ3v) is 14.4. The fourth-order valence-electron chi connectivity index (χ4n) is 5.64. The molecule has 2 unspecified atom stereocenters. The number of halogens is 1. The maximum atomic E-state index is 14.5. The van der Waals surface area contributed by atoms with Crippen molar-refractivity contribution in [3.8, 4) is 5.75 Å². The number of cyclic esters (lactones) is 1. The normalized spacial score (nSPS) is 24.0. The Bertz CT molecular complexity index is 1380. The van der Waals surface area contributed by atoms with E-state index in [0.29, 0.717) is 29.1 Å². The van der Waals surface area contributed by atoms with Crippen molar-refractivity contribution in [2.75, 3.05) is 6.54 Å². The molecule has 0 saturated carbocycles. The fraction of sp³-hybridized carbons (Fsp3) is 0.464. The van der Waals surface area contributed by atoms with Gasteiger partial charge in [0.2, 0.25) is 11.4 Å². The van der Waals surface area contributed by atoms with E-state index >= 15 is 0 Å². The number of fused-ring (bicyclic) bond motifs is 3. The van der Waals surface area contributed by atoms with Crippen LogP contribution in [0.2, 0.25) is 18.1 Å². The highest BCUT2D eigenvalue weighted by molar-refractivity contribution is 6.82. The lowest BCUT2D eigenvalue weighted by atomic mass is 9.77. The third-order valence-electron chi connectivity index (χ3n) is 8.86. The average molecular weight is 574 g/mol. The number of carbonyl (C=O) groups is 3. The summed E-state index contributed by atoms with van der Waals surface area (Å²) in [5.41, 5.74) is 7.07. The zero-order valence-electron chi connectivity index (χ0n) is 23.1. The molecule has 4 N–H and O–H groups in total. The van der Waals surface area contributed by atoms with Gasteiger partial charge < -0.3 is 30.5 Å². The Balaban J connectivity index is 0.00000353. The Morgan fingerprint density at radius 2 is 2.00 bits per heavy atom. The average Bonchev–Trinajstić information content (AvgIpc) is 3.20. The number of nitrogens with two attached hydrogens (primary N) is 1. The van der Waals surface area contributed by atoms with Gasteiger partial charge in [-0.1, -0.05) is 46.9 Å². The number of phenolic OH excluding ortho intramolecular Hbond substituents is 1. The lowest BCUT2D eigenvalue weighted by Gasteiger charge is -2.49. The van der Waals surface area contributed by atoms with E-state index in [0.717, 1.165) is 16.9 Å². The Kier molecular flexibility index (Phi) is 7.07. The molecule has 0 radical (unpaired) electrons. The van der Waals surface area contributed by atoms with Gasteiger partial charge in [0, 0.05) is 23.3 Å². The summed E-state index contributed by atoms with van der Waals surface area (Å²) in [5, 5.41) is 13.1. The van der Waals surface area contributed by atoms with E-state index in [1.54, 1.807) is 19.1 Å². The number of phenols is 1. The molecule has 3 aliphatic heterocycles. The zero-order valence-corrected chi connectivity index (χ0v) is 25.0. The SMILES string of the molecule is CCC1(OC(=O)CN)C(=O)OC([Si](C)(C)C(C)(C)C)C2=C1CC1=C(C2=O)N2Cc3ccc(O)cc3C=C2N1.Cl. The molecule has 3 heterocycles. The lowest BCUT2D eigenvalue weighted by molar-refractivity contribution is -0.181. The number of carbonyl (C=O) groups excluding carboxylic acids is 3. The van der Waals surface area contributed by atoms with Crippen LogP contribution in [0.3, 0.4) is 0 Å². The highest BCUT2D eigenvalue weighted by atomic mass is 35.5. The number of rotatable bonds is 4. The molecule has 0 amide bonds. The Morgan fingerprint density at radius 1 is 1.31 bits per heavy atom. The van der Waals surface area contributed by atoms with E-state index in [4.69, 9.17) is 15.2 Å². The van der Waals surface area contributed by atoms with Gasteiger partial charge in [-0.05, 0) is 40.8 Å². The van der Waals surface area contributed by atoms with Gasteiger partial charge in [-0.2, -0.15) is 0 Å². The summed E-state index contributed by atoms with van der Waals surface area (Å²) in [7, 11) is -2.46. The topological polar surface area (TPSA) is 131 Å². The second-order valence-electron chi connectivity index (χ2n) is 12.0. The first-order valence-electron chi connectivity index (χ1n) is 13.0. The number of benzene rings is 1. The standard InChI is InChI=1S/C28H35N3O6Si.ClH/c1-7-28(37-21(33)13-29)18-12-19-23(31-14-15-8-9-17(32)10-16(15)11-20(31)30-19)24(34)22(18)25(36-26(28)35)38(5,6)27(2,3)4;/h8-11,25,30,32H,7,12-14,29H2,1-6H3;1H. The summed E-state index contributed by atoms with van der Waals surface area (Å²) in [5.74, 6) is -0.712. The van der Waals surface area contributed by atoms with Crippen LogP contribution in [0.1, 0.15) is 51.7 Å². The minimum atomic E-state index is -2.46. The molecule has 210 valence electrons. The highest BCUT2D eigenvalue weighted by Gasteiger charge is 2.61. The molecule has 39 heavy (non-hydrogen) atoms. The molecule has 11 heteroatoms. The monoisotopic (exact) mass is 573 g/mol. The van der Waals surface area contributed by atoms with Gasteiger partial charge in [-0.15, -0.1) is 12.4 Å². The molecule has 5 rings (SSSR count). The van der Waals surface area contributed by atoms with Crippen molar-refractivity contribution in [2.24, 2.45) is 5.73 Å². The Hall–Kier alpha value is -3.08. The number of esters is 2. The second-order valence-corrected chi connectivity index (χ2v) is 17.4. The van der Waals surface area contributed by atoms with E-state index in [2.05, 4.69) is 39.2 Å². The molecule has 1 aromatic carbocycles. The molecular weight excluding hydrogens is 538 g/mol. The molecule has 0 spiro atoms. The van der Waals surface area contributed by atoms with Crippen molar-refractivity contribution in [1.29, 1.82) is 0 Å². The quantitative estimate of drug-likeness (QED) is 0.365. The van der Waals surface area contributed by atoms with E-state index in [-0.39, 0.29) is 41.8 Å². The van der Waals surface area contributed by atoms with Crippen molar-refractivity contribution in [1.82, 2.24) is 10.2 Å². The number of hydrogen-bond donors (Lipinski definition) is 3. The molecule has 0 aromatic heterocycles. The summed E-state index contributed by atoms with van der Waals surface area (Å²) in [6.45, 7) is 12.4. The minimum absolute atomic E-state index is 0. The smallest absolute Gasteiger partial charge is 0.355 e. The maximum Gasteiger partial charge on any atom is 0.355 e. The molecule has 2 atom stereocenters. The maximum absolute atomic E-state index is 14.5. The van der Waals surface area contributed by atoms with Gasteiger partial charge in [0.15, 0.2) is 0 Å². The molecule has 1 aromatic rings. The van der Waals surface area contributed by atoms with Crippen LogP contribution in [0.4, 0.5) is 0 Å². The van der Waals surface area contributed by atoms with E-state index < -0.39 is 37.9 Å². The van der Waals surface area contributed by atoms with Gasteiger partial charge in [-0.25, -0.2) is 4.79 Å². The molecule has 4 aliphatic rings. The molecule has 0 saturated heterocycles. The van der Waals surface area contributed by atoms with Crippen molar-refractivity contribution in [3.05, 3.63) is 57.7 Å². The van der Waals surface area contributed by atoms with Crippen LogP contribution in [-0.4, -0.2) is 53.7 Å². The minimum Gasteiger partial charge on any atom is -0.508 e. The van der Waals surface area contributed by atoms with Crippen molar-refractivity contribution >= 4 is 44.3 Å². The van der Waals surface area contributed by atoms with E-state index in [1.807, 2.05) is 17.0 Å². The number of nitrogens with zero attached hydrogens (tertiary/aromatic N) is 1. The van der Waals surface area contributed by atoms with Crippen molar-refractivity contribution in [3.63, 3.8) is 0 Å². The van der Waals surface area contributed by atoms with Crippen LogP contribution in [-0.2, 0) is 30.4 Å². The van der Waals surface area contributed by atoms with Gasteiger partial charge in [0.05, 0.1) is 13.1 Å². The lowest BCUT2D eigenvalue weighted by Crippen LogP contribution is -2.62. The van der Waals surface area contributed by atoms with Crippen LogP contribution in [0.5, 0.6) is 5.75 Å². The predicted octanol–water partition coefficient (Wildman–Crippen LogP) is 3.64. The number of hydrogen-bond acceptors (Lipinski definition) is 9. The largest absolute Gasteiger partial charge is 0.508 e. The first-order chi connectivity index (χ1) is 17.7. The van der Waals surface area contributed by atoms with Crippen LogP contribution < -0.4 is 11.1 Å². The third kappa shape index (κ3) is 4.20. The number of aromatic hydroxyl groups is 1.